The summed E-state index contributed by atoms with van der Waals surface area (Å²) in [5.41, 5.74) is -3.12. The topological polar surface area (TPSA) is 115 Å². The second-order valence-corrected chi connectivity index (χ2v) is 11.9. The molecule has 1 aromatic carbocycles. The highest BCUT2D eigenvalue weighted by Gasteiger charge is 2.48. The number of carbonyl (C=O) groups excluding carboxylic acids is 2. The molecule has 0 radical (unpaired) electrons. The molecular formula is C29H27Cl2F3N4O5. The van der Waals surface area contributed by atoms with Crippen LogP contribution in [0.4, 0.5) is 13.2 Å². The number of benzene rings is 1. The molecule has 9 nitrogen and oxygen atoms in total. The number of ether oxygens (including phenoxy) is 1. The van der Waals surface area contributed by atoms with E-state index in [1.807, 2.05) is 0 Å². The van der Waals surface area contributed by atoms with Gasteiger partial charge in [-0.3, -0.25) is 24.0 Å². The predicted octanol–water partition coefficient (Wildman–Crippen LogP) is 6.35. The van der Waals surface area contributed by atoms with Gasteiger partial charge in [-0.25, -0.2) is 0 Å². The largest absolute Gasteiger partial charge is 0.488 e. The first-order valence-electron chi connectivity index (χ1n) is 13.5. The Hall–Kier alpha value is -3.64. The Kier molecular flexibility index (Phi) is 8.45. The van der Waals surface area contributed by atoms with E-state index in [1.54, 1.807) is 37.3 Å². The van der Waals surface area contributed by atoms with Gasteiger partial charge in [0.1, 0.15) is 11.9 Å². The van der Waals surface area contributed by atoms with Crippen LogP contribution < -0.4 is 4.74 Å². The van der Waals surface area contributed by atoms with Gasteiger partial charge in [0, 0.05) is 18.8 Å². The molecule has 43 heavy (non-hydrogen) atoms. The van der Waals surface area contributed by atoms with Crippen molar-refractivity contribution < 1.29 is 37.4 Å². The molecule has 1 amide bonds. The highest BCUT2D eigenvalue weighted by molar-refractivity contribution is 6.40. The van der Waals surface area contributed by atoms with Crippen molar-refractivity contribution in [3.8, 4) is 5.75 Å². The summed E-state index contributed by atoms with van der Waals surface area (Å²) < 4.78 is 50.4. The third-order valence-electron chi connectivity index (χ3n) is 8.19. The minimum absolute atomic E-state index is 0.0274. The maximum atomic E-state index is 14.6. The smallest absolute Gasteiger partial charge is 0.433 e. The molecule has 3 aromatic rings. The molecule has 5 rings (SSSR count). The van der Waals surface area contributed by atoms with E-state index in [-0.39, 0.29) is 54.3 Å². The van der Waals surface area contributed by atoms with Crippen LogP contribution in [-0.4, -0.2) is 61.1 Å². The minimum atomic E-state index is -4.97. The maximum absolute atomic E-state index is 14.6. The van der Waals surface area contributed by atoms with Crippen molar-refractivity contribution >= 4 is 40.9 Å². The lowest BCUT2D eigenvalue weighted by atomic mass is 9.74. The first-order chi connectivity index (χ1) is 20.3. The Balaban J connectivity index is 1.49. The van der Waals surface area contributed by atoms with E-state index in [4.69, 9.17) is 27.9 Å². The van der Waals surface area contributed by atoms with Gasteiger partial charge < -0.3 is 14.7 Å². The lowest BCUT2D eigenvalue weighted by Gasteiger charge is -2.34. The molecule has 228 valence electrons. The van der Waals surface area contributed by atoms with Gasteiger partial charge in [-0.1, -0.05) is 41.4 Å². The number of aliphatic carboxylic acids is 1. The number of rotatable bonds is 7. The van der Waals surface area contributed by atoms with Crippen molar-refractivity contribution in [1.29, 1.82) is 0 Å². The summed E-state index contributed by atoms with van der Waals surface area (Å²) in [4.78, 5) is 44.2. The molecule has 1 saturated carbocycles. The highest BCUT2D eigenvalue weighted by Crippen LogP contribution is 2.44. The Morgan fingerprint density at radius 3 is 2.26 bits per heavy atom. The summed E-state index contributed by atoms with van der Waals surface area (Å²) in [6.45, 7) is 1.38. The lowest BCUT2D eigenvalue weighted by Crippen LogP contribution is -2.42. The number of Topliss-reactive ketones (excluding diaryl/α,β-unsaturated/α-hetero) is 1. The number of nitrogens with zero attached hydrogens (tertiary/aromatic N) is 4. The van der Waals surface area contributed by atoms with Gasteiger partial charge >= 0.3 is 12.1 Å². The number of carbonyl (C=O) groups is 3. The average molecular weight is 639 g/mol. The van der Waals surface area contributed by atoms with E-state index in [1.165, 1.54) is 12.4 Å². The van der Waals surface area contributed by atoms with Crippen molar-refractivity contribution in [3.63, 3.8) is 0 Å². The number of hydrogen-bond acceptors (Lipinski definition) is 6. The number of pyridine rings is 1. The Labute approximate surface area is 254 Å². The summed E-state index contributed by atoms with van der Waals surface area (Å²) in [6.07, 6.45) is -1.85. The van der Waals surface area contributed by atoms with E-state index in [0.29, 0.717) is 5.75 Å². The number of alkyl halides is 3. The zero-order valence-corrected chi connectivity index (χ0v) is 24.4. The number of carboxylic acids is 1. The van der Waals surface area contributed by atoms with Crippen molar-refractivity contribution in [1.82, 2.24) is 19.7 Å². The molecule has 3 heterocycles. The Morgan fingerprint density at radius 2 is 1.67 bits per heavy atom. The highest BCUT2D eigenvalue weighted by atomic mass is 35.5. The second kappa shape index (κ2) is 11.8. The third kappa shape index (κ3) is 6.08. The summed E-state index contributed by atoms with van der Waals surface area (Å²) in [5.74, 6) is -2.26. The van der Waals surface area contributed by atoms with Crippen molar-refractivity contribution in [3.05, 3.63) is 75.8 Å². The van der Waals surface area contributed by atoms with Crippen molar-refractivity contribution in [2.75, 3.05) is 6.54 Å². The molecular weight excluding hydrogens is 612 g/mol. The van der Waals surface area contributed by atoms with Crippen LogP contribution in [-0.2, 0) is 11.0 Å². The number of para-hydroxylation sites is 1. The van der Waals surface area contributed by atoms with Crippen molar-refractivity contribution in [2.45, 2.75) is 63.4 Å². The van der Waals surface area contributed by atoms with E-state index in [9.17, 15) is 32.7 Å². The van der Waals surface area contributed by atoms with E-state index in [0.717, 1.165) is 15.8 Å². The first-order valence-corrected chi connectivity index (χ1v) is 14.3. The quantitative estimate of drug-likeness (QED) is 0.300. The van der Waals surface area contributed by atoms with E-state index >= 15 is 0 Å². The van der Waals surface area contributed by atoms with Crippen LogP contribution >= 0.6 is 23.2 Å². The SMILES string of the molecule is C[C@]1(C(=O)O)CC[C@H](n2ncc(C(=O)N3C[C@@H](Oc4ccccc4)C[C@H]3C(=O)c3c(Cl)cncc3Cl)c2C(F)(F)F)CC1. The molecule has 2 atom stereocenters. The molecule has 1 aliphatic carbocycles. The zero-order valence-electron chi connectivity index (χ0n) is 22.9. The number of aromatic nitrogens is 3. The fraction of sp³-hybridized carbons (Fsp3) is 0.414. The van der Waals surface area contributed by atoms with Crippen LogP contribution in [0, 0.1) is 5.41 Å². The fourth-order valence-corrected chi connectivity index (χ4v) is 6.34. The van der Waals surface area contributed by atoms with Crippen LogP contribution in [0.25, 0.3) is 0 Å². The molecule has 2 aromatic heterocycles. The van der Waals surface area contributed by atoms with Crippen LogP contribution in [0.5, 0.6) is 5.75 Å². The zero-order chi connectivity index (χ0) is 31.1. The van der Waals surface area contributed by atoms with Crippen LogP contribution in [0.2, 0.25) is 10.0 Å². The Bertz CT molecular complexity index is 1520. The summed E-state index contributed by atoms with van der Waals surface area (Å²) >= 11 is 12.5. The number of likely N-dealkylation sites (tertiary alicyclic amines) is 1. The van der Waals surface area contributed by atoms with Gasteiger partial charge in [-0.05, 0) is 44.7 Å². The molecule has 14 heteroatoms. The minimum Gasteiger partial charge on any atom is -0.488 e. The fourth-order valence-electron chi connectivity index (χ4n) is 5.79. The molecule has 0 unspecified atom stereocenters. The first kappa shape index (κ1) is 30.8. The van der Waals surface area contributed by atoms with Gasteiger partial charge in [0.15, 0.2) is 11.5 Å². The van der Waals surface area contributed by atoms with Gasteiger partial charge in [-0.2, -0.15) is 18.3 Å². The molecule has 0 spiro atoms. The molecule has 1 N–H and O–H groups in total. The van der Waals surface area contributed by atoms with Crippen LogP contribution in [0.15, 0.2) is 48.9 Å². The summed E-state index contributed by atoms with van der Waals surface area (Å²) in [6, 6.07) is 6.62. The van der Waals surface area contributed by atoms with Gasteiger partial charge in [0.2, 0.25) is 0 Å². The molecule has 1 saturated heterocycles. The number of hydrogen-bond donors (Lipinski definition) is 1. The van der Waals surface area contributed by atoms with Gasteiger partial charge in [0.25, 0.3) is 5.91 Å². The molecule has 1 aliphatic heterocycles. The van der Waals surface area contributed by atoms with Gasteiger partial charge in [0.05, 0.1) is 51.4 Å². The number of halogens is 5. The summed E-state index contributed by atoms with van der Waals surface area (Å²) in [7, 11) is 0. The van der Waals surface area contributed by atoms with E-state index < -0.39 is 58.7 Å². The number of ketones is 1. The average Bonchev–Trinajstić information content (AvgIpc) is 3.59. The van der Waals surface area contributed by atoms with Gasteiger partial charge in [-0.15, -0.1) is 0 Å². The van der Waals surface area contributed by atoms with E-state index in [2.05, 4.69) is 10.1 Å². The van der Waals surface area contributed by atoms with Crippen LogP contribution in [0.3, 0.4) is 0 Å². The lowest BCUT2D eigenvalue weighted by molar-refractivity contribution is -0.152. The monoisotopic (exact) mass is 638 g/mol. The third-order valence-corrected chi connectivity index (χ3v) is 8.76. The predicted molar refractivity (Wildman–Crippen MR) is 149 cm³/mol. The molecule has 2 aliphatic rings. The molecule has 2 fully saturated rings. The maximum Gasteiger partial charge on any atom is 0.433 e. The van der Waals surface area contributed by atoms with Crippen LogP contribution in [0.1, 0.15) is 71.5 Å². The summed E-state index contributed by atoms with van der Waals surface area (Å²) in [5, 5.41) is 13.4. The Morgan fingerprint density at radius 1 is 1.05 bits per heavy atom. The number of carboxylic acid groups (broad SMARTS) is 1. The normalized spacial score (nSPS) is 24.1. The number of amides is 1. The molecule has 0 bridgehead atoms. The standard InChI is InChI=1S/C29H27Cl2F3N4O5/c1-28(27(41)42)9-7-16(8-10-28)38-25(29(32,33)34)19(12-36-38)26(40)37-15-18(43-17-5-3-2-4-6-17)11-22(37)24(39)23-20(30)13-35-14-21(23)31/h2-6,12-14,16,18,22H,7-11,15H2,1H3,(H,41,42)/t16-,18-,22-,28-/m0/s1. The van der Waals surface area contributed by atoms with Crippen molar-refractivity contribution in [2.24, 2.45) is 5.41 Å². The second-order valence-electron chi connectivity index (χ2n) is 11.1.